The van der Waals surface area contributed by atoms with Gasteiger partial charge in [0.1, 0.15) is 0 Å². The van der Waals surface area contributed by atoms with E-state index in [-0.39, 0.29) is 11.9 Å². The fourth-order valence-corrected chi connectivity index (χ4v) is 2.72. The molecule has 2 atom stereocenters. The van der Waals surface area contributed by atoms with Crippen LogP contribution in [0.5, 0.6) is 0 Å². The van der Waals surface area contributed by atoms with Crippen molar-refractivity contribution in [3.63, 3.8) is 0 Å². The van der Waals surface area contributed by atoms with Crippen molar-refractivity contribution >= 4 is 16.9 Å². The van der Waals surface area contributed by atoms with Gasteiger partial charge in [-0.3, -0.25) is 4.79 Å². The van der Waals surface area contributed by atoms with Crippen LogP contribution in [0.25, 0.3) is 10.9 Å². The topological polar surface area (TPSA) is 31.2 Å². The average molecular weight is 243 g/mol. The van der Waals surface area contributed by atoms with Crippen molar-refractivity contribution in [1.82, 2.24) is 4.57 Å². The molecule has 1 aromatic heterocycles. The van der Waals surface area contributed by atoms with E-state index in [4.69, 9.17) is 4.74 Å². The lowest BCUT2D eigenvalue weighted by Crippen LogP contribution is -2.07. The van der Waals surface area contributed by atoms with Gasteiger partial charge in [-0.15, -0.1) is 0 Å². The van der Waals surface area contributed by atoms with E-state index in [9.17, 15) is 4.79 Å². The van der Waals surface area contributed by atoms with Crippen LogP contribution >= 0.6 is 0 Å². The number of hydrogen-bond donors (Lipinski definition) is 0. The number of rotatable bonds is 3. The largest absolute Gasteiger partial charge is 0.466 e. The van der Waals surface area contributed by atoms with Crippen LogP contribution in [0.3, 0.4) is 0 Å². The summed E-state index contributed by atoms with van der Waals surface area (Å²) in [7, 11) is 2.05. The van der Waals surface area contributed by atoms with Crippen LogP contribution in [0.15, 0.2) is 30.5 Å². The van der Waals surface area contributed by atoms with Crippen LogP contribution < -0.4 is 0 Å². The first-order chi connectivity index (χ1) is 8.72. The molecule has 2 unspecified atom stereocenters. The van der Waals surface area contributed by atoms with E-state index < -0.39 is 0 Å². The highest BCUT2D eigenvalue weighted by Crippen LogP contribution is 2.50. The number of esters is 1. The molecular formula is C15H17NO2. The Hall–Kier alpha value is -1.77. The third-order valence-electron chi connectivity index (χ3n) is 3.71. The summed E-state index contributed by atoms with van der Waals surface area (Å²) in [4.78, 5) is 11.7. The number of ether oxygens (including phenoxy) is 1. The minimum atomic E-state index is -0.0459. The van der Waals surface area contributed by atoms with Gasteiger partial charge in [0, 0.05) is 30.1 Å². The number of benzene rings is 1. The van der Waals surface area contributed by atoms with Gasteiger partial charge in [-0.05, 0) is 25.0 Å². The van der Waals surface area contributed by atoms with E-state index in [0.717, 1.165) is 6.42 Å². The summed E-state index contributed by atoms with van der Waals surface area (Å²) in [5.74, 6) is 0.362. The Labute approximate surface area is 106 Å². The maximum absolute atomic E-state index is 11.7. The van der Waals surface area contributed by atoms with Gasteiger partial charge in [-0.2, -0.15) is 0 Å². The first-order valence-corrected chi connectivity index (χ1v) is 6.43. The number of hydrogen-bond acceptors (Lipinski definition) is 2. The molecule has 1 heterocycles. The minimum absolute atomic E-state index is 0.0459. The van der Waals surface area contributed by atoms with E-state index in [0.29, 0.717) is 12.5 Å². The number of aryl methyl sites for hydroxylation is 1. The number of carbonyl (C=O) groups excluding carboxylic acids is 1. The van der Waals surface area contributed by atoms with Crippen LogP contribution in [0.1, 0.15) is 24.8 Å². The predicted octanol–water partition coefficient (Wildman–Crippen LogP) is 2.84. The molecule has 0 saturated heterocycles. The Morgan fingerprint density at radius 2 is 2.22 bits per heavy atom. The average Bonchev–Trinajstić information content (AvgIpc) is 3.10. The third-order valence-corrected chi connectivity index (χ3v) is 3.71. The number of carbonyl (C=O) groups is 1. The lowest BCUT2D eigenvalue weighted by Gasteiger charge is -2.00. The molecule has 1 saturated carbocycles. The first-order valence-electron chi connectivity index (χ1n) is 6.43. The molecule has 94 valence electrons. The molecule has 0 aliphatic heterocycles. The van der Waals surface area contributed by atoms with Gasteiger partial charge in [0.25, 0.3) is 0 Å². The van der Waals surface area contributed by atoms with Gasteiger partial charge in [0.15, 0.2) is 0 Å². The van der Waals surface area contributed by atoms with Crippen molar-refractivity contribution in [1.29, 1.82) is 0 Å². The third kappa shape index (κ3) is 1.70. The standard InChI is InChI=1S/C15H17NO2/c1-3-18-15(17)12-8-11(12)13-9-16(2)14-7-5-4-6-10(13)14/h4-7,9,11-12H,3,8H2,1-2H3. The molecule has 1 aliphatic rings. The normalized spacial score (nSPS) is 22.1. The van der Waals surface area contributed by atoms with E-state index >= 15 is 0 Å². The van der Waals surface area contributed by atoms with Gasteiger partial charge in [0.2, 0.25) is 0 Å². The molecule has 0 radical (unpaired) electrons. The quantitative estimate of drug-likeness (QED) is 0.776. The maximum atomic E-state index is 11.7. The zero-order valence-corrected chi connectivity index (χ0v) is 10.7. The molecule has 3 nitrogen and oxygen atoms in total. The summed E-state index contributed by atoms with van der Waals surface area (Å²) in [5, 5.41) is 1.26. The summed E-state index contributed by atoms with van der Waals surface area (Å²) in [6, 6.07) is 8.33. The SMILES string of the molecule is CCOC(=O)C1CC1c1cn(C)c2ccccc12. The molecule has 0 spiro atoms. The van der Waals surface area contributed by atoms with E-state index in [1.54, 1.807) is 0 Å². The molecule has 0 bridgehead atoms. The van der Waals surface area contributed by atoms with Crippen molar-refractivity contribution in [2.75, 3.05) is 6.61 Å². The molecular weight excluding hydrogens is 226 g/mol. The second-order valence-electron chi connectivity index (χ2n) is 4.91. The Balaban J connectivity index is 1.91. The molecule has 2 aromatic rings. The van der Waals surface area contributed by atoms with Crippen LogP contribution in [0.4, 0.5) is 0 Å². The minimum Gasteiger partial charge on any atom is -0.466 e. The Kier molecular flexibility index (Phi) is 2.62. The van der Waals surface area contributed by atoms with E-state index in [1.807, 2.05) is 26.1 Å². The Morgan fingerprint density at radius 1 is 1.44 bits per heavy atom. The molecule has 3 rings (SSSR count). The molecule has 1 aromatic carbocycles. The monoisotopic (exact) mass is 243 g/mol. The Morgan fingerprint density at radius 3 is 3.00 bits per heavy atom. The fourth-order valence-electron chi connectivity index (χ4n) is 2.72. The fraction of sp³-hybridized carbons (Fsp3) is 0.400. The van der Waals surface area contributed by atoms with E-state index in [1.165, 1.54) is 16.5 Å². The summed E-state index contributed by atoms with van der Waals surface area (Å²) >= 11 is 0. The number of fused-ring (bicyclic) bond motifs is 1. The lowest BCUT2D eigenvalue weighted by molar-refractivity contribution is -0.144. The summed E-state index contributed by atoms with van der Waals surface area (Å²) in [5.41, 5.74) is 2.51. The number of para-hydroxylation sites is 1. The molecule has 1 fully saturated rings. The van der Waals surface area contributed by atoms with Crippen molar-refractivity contribution in [3.05, 3.63) is 36.0 Å². The molecule has 18 heavy (non-hydrogen) atoms. The highest BCUT2D eigenvalue weighted by Gasteiger charge is 2.46. The molecule has 3 heteroatoms. The first kappa shape index (κ1) is 11.3. The summed E-state index contributed by atoms with van der Waals surface area (Å²) < 4.78 is 7.22. The zero-order valence-electron chi connectivity index (χ0n) is 10.7. The molecule has 0 N–H and O–H groups in total. The maximum Gasteiger partial charge on any atom is 0.309 e. The van der Waals surface area contributed by atoms with Gasteiger partial charge < -0.3 is 9.30 Å². The van der Waals surface area contributed by atoms with E-state index in [2.05, 4.69) is 22.9 Å². The second kappa shape index (κ2) is 4.16. The molecule has 0 amide bonds. The number of aromatic nitrogens is 1. The highest BCUT2D eigenvalue weighted by atomic mass is 16.5. The van der Waals surface area contributed by atoms with Crippen molar-refractivity contribution in [3.8, 4) is 0 Å². The van der Waals surface area contributed by atoms with Crippen molar-refractivity contribution in [2.24, 2.45) is 13.0 Å². The zero-order chi connectivity index (χ0) is 12.7. The van der Waals surface area contributed by atoms with Gasteiger partial charge >= 0.3 is 5.97 Å². The van der Waals surface area contributed by atoms with Crippen LogP contribution in [0, 0.1) is 5.92 Å². The second-order valence-corrected chi connectivity index (χ2v) is 4.91. The van der Waals surface area contributed by atoms with Crippen molar-refractivity contribution < 1.29 is 9.53 Å². The van der Waals surface area contributed by atoms with Gasteiger partial charge in [-0.25, -0.2) is 0 Å². The van der Waals surface area contributed by atoms with Crippen LogP contribution in [-0.4, -0.2) is 17.1 Å². The predicted molar refractivity (Wildman–Crippen MR) is 70.4 cm³/mol. The van der Waals surface area contributed by atoms with Crippen molar-refractivity contribution in [2.45, 2.75) is 19.3 Å². The van der Waals surface area contributed by atoms with Gasteiger partial charge in [-0.1, -0.05) is 18.2 Å². The smallest absolute Gasteiger partial charge is 0.309 e. The van der Waals surface area contributed by atoms with Crippen LogP contribution in [-0.2, 0) is 16.6 Å². The number of nitrogens with zero attached hydrogens (tertiary/aromatic N) is 1. The van der Waals surface area contributed by atoms with Crippen LogP contribution in [0.2, 0.25) is 0 Å². The molecule has 1 aliphatic carbocycles. The highest BCUT2D eigenvalue weighted by molar-refractivity contribution is 5.87. The summed E-state index contributed by atoms with van der Waals surface area (Å²) in [6.07, 6.45) is 3.07. The Bertz CT molecular complexity index is 600. The van der Waals surface area contributed by atoms with Gasteiger partial charge in [0.05, 0.1) is 12.5 Å². The summed E-state index contributed by atoms with van der Waals surface area (Å²) in [6.45, 7) is 2.32. The lowest BCUT2D eigenvalue weighted by atomic mass is 10.1.